The van der Waals surface area contributed by atoms with Gasteiger partial charge in [0, 0.05) is 30.9 Å². The van der Waals surface area contributed by atoms with Gasteiger partial charge in [-0.15, -0.1) is 0 Å². The molecule has 4 atom stereocenters. The maximum absolute atomic E-state index is 15.4. The lowest BCUT2D eigenvalue weighted by Gasteiger charge is -2.39. The Morgan fingerprint density at radius 1 is 1.16 bits per heavy atom. The number of hydrogen-bond acceptors (Lipinski definition) is 7. The van der Waals surface area contributed by atoms with Gasteiger partial charge in [0.15, 0.2) is 0 Å². The lowest BCUT2D eigenvalue weighted by Crippen LogP contribution is -2.54. The van der Waals surface area contributed by atoms with Gasteiger partial charge >= 0.3 is 6.09 Å². The SMILES string of the molecule is COC(=O)N[C@@H]1[C@H](N)C[C@H](c2ccncc2Cc2ncc3ccc(-c4c(F)cc(C5(O)CCCC5)cc4F)nn23)C[C@@H]1C. The number of benzene rings is 1. The number of nitrogens with one attached hydrogen (secondary N) is 1. The molecule has 0 saturated heterocycles. The number of imidazole rings is 1. The van der Waals surface area contributed by atoms with E-state index in [1.807, 2.05) is 6.07 Å². The molecule has 2 aliphatic rings. The van der Waals surface area contributed by atoms with E-state index in [0.717, 1.165) is 30.4 Å². The summed E-state index contributed by atoms with van der Waals surface area (Å²) in [4.78, 5) is 20.8. The molecule has 43 heavy (non-hydrogen) atoms. The van der Waals surface area contributed by atoms with Gasteiger partial charge in [-0.05, 0) is 84.5 Å². The smallest absolute Gasteiger partial charge is 0.407 e. The molecule has 2 fully saturated rings. The fourth-order valence-corrected chi connectivity index (χ4v) is 6.96. The number of nitrogens with zero attached hydrogens (tertiary/aromatic N) is 4. The van der Waals surface area contributed by atoms with Crippen molar-refractivity contribution in [3.63, 3.8) is 0 Å². The van der Waals surface area contributed by atoms with Gasteiger partial charge in [0.2, 0.25) is 0 Å². The summed E-state index contributed by atoms with van der Waals surface area (Å²) in [5.74, 6) is -0.662. The zero-order valence-corrected chi connectivity index (χ0v) is 24.3. The van der Waals surface area contributed by atoms with Crippen molar-refractivity contribution in [2.75, 3.05) is 7.11 Å². The highest BCUT2D eigenvalue weighted by Crippen LogP contribution is 2.41. The summed E-state index contributed by atoms with van der Waals surface area (Å²) in [5.41, 5.74) is 8.22. The number of aromatic nitrogens is 4. The standard InChI is InChI=1S/C32H36F2N6O3/c1-18-11-19(12-26(35)30(18)38-31(41)43-2)23-7-10-36-16-20(23)13-28-37-17-22-5-6-27(39-40(22)28)29-24(33)14-21(15-25(29)34)32(42)8-3-4-9-32/h5-7,10,14-19,26,30,42H,3-4,8-9,11-13,35H2,1-2H3,(H,38,41)/t18-,19+,26+,30-/m0/s1. The maximum atomic E-state index is 15.4. The lowest BCUT2D eigenvalue weighted by molar-refractivity contribution is 0.0438. The van der Waals surface area contributed by atoms with Crippen LogP contribution in [0, 0.1) is 17.6 Å². The molecular weight excluding hydrogens is 554 g/mol. The highest BCUT2D eigenvalue weighted by Gasteiger charge is 2.37. The first kappa shape index (κ1) is 29.1. The molecule has 0 aliphatic heterocycles. The highest BCUT2D eigenvalue weighted by molar-refractivity contribution is 5.67. The van der Waals surface area contributed by atoms with Crippen LogP contribution in [-0.4, -0.2) is 50.0 Å². The van der Waals surface area contributed by atoms with E-state index in [4.69, 9.17) is 10.5 Å². The van der Waals surface area contributed by atoms with E-state index in [1.54, 1.807) is 35.2 Å². The van der Waals surface area contributed by atoms with E-state index in [2.05, 4.69) is 27.3 Å². The van der Waals surface area contributed by atoms with Crippen molar-refractivity contribution in [3.8, 4) is 11.3 Å². The van der Waals surface area contributed by atoms with E-state index in [0.29, 0.717) is 37.0 Å². The number of pyridine rings is 1. The molecule has 2 saturated carbocycles. The third-order valence-corrected chi connectivity index (χ3v) is 9.21. The molecule has 1 aromatic carbocycles. The van der Waals surface area contributed by atoms with E-state index in [-0.39, 0.29) is 40.7 Å². The van der Waals surface area contributed by atoms with Gasteiger partial charge in [-0.3, -0.25) is 4.98 Å². The molecule has 11 heteroatoms. The van der Waals surface area contributed by atoms with Crippen LogP contribution in [-0.2, 0) is 16.8 Å². The summed E-state index contributed by atoms with van der Waals surface area (Å²) in [7, 11) is 1.34. The summed E-state index contributed by atoms with van der Waals surface area (Å²) in [6.07, 6.45) is 9.24. The molecule has 3 aromatic heterocycles. The first-order valence-corrected chi connectivity index (χ1v) is 14.8. The third-order valence-electron chi connectivity index (χ3n) is 9.21. The van der Waals surface area contributed by atoms with Crippen molar-refractivity contribution < 1.29 is 23.4 Å². The Hall–Kier alpha value is -3.96. The predicted octanol–water partition coefficient (Wildman–Crippen LogP) is 4.99. The second-order valence-electron chi connectivity index (χ2n) is 12.0. The molecule has 3 heterocycles. The summed E-state index contributed by atoms with van der Waals surface area (Å²) < 4.78 is 37.1. The van der Waals surface area contributed by atoms with Gasteiger partial charge in [0.1, 0.15) is 17.5 Å². The van der Waals surface area contributed by atoms with E-state index >= 15 is 8.78 Å². The molecule has 0 radical (unpaired) electrons. The Bertz CT molecular complexity index is 1620. The number of halogens is 2. The van der Waals surface area contributed by atoms with Crippen molar-refractivity contribution in [1.82, 2.24) is 24.9 Å². The number of alkyl carbamates (subject to hydrolysis) is 1. The molecule has 4 N–H and O–H groups in total. The number of nitrogens with two attached hydrogens (primary N) is 1. The second kappa shape index (κ2) is 11.6. The van der Waals surface area contributed by atoms with Crippen molar-refractivity contribution in [3.05, 3.63) is 83.1 Å². The second-order valence-corrected chi connectivity index (χ2v) is 12.0. The Balaban J connectivity index is 1.28. The molecule has 6 rings (SSSR count). The average molecular weight is 591 g/mol. The van der Waals surface area contributed by atoms with Crippen LogP contribution in [0.3, 0.4) is 0 Å². The monoisotopic (exact) mass is 590 g/mol. The van der Waals surface area contributed by atoms with Crippen LogP contribution in [0.25, 0.3) is 16.8 Å². The lowest BCUT2D eigenvalue weighted by atomic mass is 9.72. The summed E-state index contributed by atoms with van der Waals surface area (Å²) in [6, 6.07) is 7.31. The number of ether oxygens (including phenoxy) is 1. The third kappa shape index (κ3) is 5.59. The summed E-state index contributed by atoms with van der Waals surface area (Å²) >= 11 is 0. The van der Waals surface area contributed by atoms with Crippen LogP contribution in [0.5, 0.6) is 0 Å². The van der Waals surface area contributed by atoms with Crippen LogP contribution < -0.4 is 11.1 Å². The highest BCUT2D eigenvalue weighted by atomic mass is 19.1. The van der Waals surface area contributed by atoms with E-state index in [1.165, 1.54) is 19.2 Å². The van der Waals surface area contributed by atoms with Gasteiger partial charge < -0.3 is 20.9 Å². The Morgan fingerprint density at radius 3 is 2.60 bits per heavy atom. The van der Waals surface area contributed by atoms with Crippen LogP contribution in [0.2, 0.25) is 0 Å². The zero-order valence-electron chi connectivity index (χ0n) is 24.3. The van der Waals surface area contributed by atoms with Crippen molar-refractivity contribution in [1.29, 1.82) is 0 Å². The first-order chi connectivity index (χ1) is 20.7. The van der Waals surface area contributed by atoms with Crippen molar-refractivity contribution in [2.24, 2.45) is 11.7 Å². The fraction of sp³-hybridized carbons (Fsp3) is 0.438. The minimum atomic E-state index is -1.20. The maximum Gasteiger partial charge on any atom is 0.407 e. The molecule has 0 spiro atoms. The van der Waals surface area contributed by atoms with Crippen LogP contribution in [0.4, 0.5) is 13.6 Å². The number of carbonyl (C=O) groups is 1. The first-order valence-electron chi connectivity index (χ1n) is 14.8. The predicted molar refractivity (Wildman–Crippen MR) is 156 cm³/mol. The molecule has 1 amide bonds. The van der Waals surface area contributed by atoms with Crippen molar-refractivity contribution in [2.45, 2.75) is 75.5 Å². The molecular formula is C32H36F2N6O3. The molecule has 9 nitrogen and oxygen atoms in total. The molecule has 2 aliphatic carbocycles. The summed E-state index contributed by atoms with van der Waals surface area (Å²) in [6.45, 7) is 2.07. The molecule has 4 aromatic rings. The van der Waals surface area contributed by atoms with E-state index in [9.17, 15) is 9.90 Å². The Morgan fingerprint density at radius 2 is 1.91 bits per heavy atom. The van der Waals surface area contributed by atoms with Crippen LogP contribution in [0.1, 0.15) is 73.9 Å². The van der Waals surface area contributed by atoms with Gasteiger partial charge in [-0.25, -0.2) is 23.1 Å². The molecule has 0 unspecified atom stereocenters. The topological polar surface area (TPSA) is 128 Å². The fourth-order valence-electron chi connectivity index (χ4n) is 6.96. The molecule has 226 valence electrons. The minimum Gasteiger partial charge on any atom is -0.453 e. The molecule has 0 bridgehead atoms. The normalized spacial score (nSPS) is 23.4. The Kier molecular flexibility index (Phi) is 7.87. The number of amides is 1. The minimum absolute atomic E-state index is 0.121. The number of carbonyl (C=O) groups excluding carboxylic acids is 1. The number of hydrogen-bond donors (Lipinski definition) is 3. The van der Waals surface area contributed by atoms with Gasteiger partial charge in [-0.2, -0.15) is 5.10 Å². The Labute approximate surface area is 248 Å². The van der Waals surface area contributed by atoms with E-state index < -0.39 is 23.3 Å². The number of methoxy groups -OCH3 is 1. The van der Waals surface area contributed by atoms with Crippen molar-refractivity contribution >= 4 is 11.6 Å². The van der Waals surface area contributed by atoms with Crippen LogP contribution in [0.15, 0.2) is 48.9 Å². The van der Waals surface area contributed by atoms with Crippen LogP contribution >= 0.6 is 0 Å². The number of aliphatic hydroxyl groups is 1. The number of rotatable bonds is 6. The zero-order chi connectivity index (χ0) is 30.3. The summed E-state index contributed by atoms with van der Waals surface area (Å²) in [5, 5.41) is 18.3. The van der Waals surface area contributed by atoms with Gasteiger partial charge in [0.25, 0.3) is 0 Å². The largest absolute Gasteiger partial charge is 0.453 e. The van der Waals surface area contributed by atoms with Gasteiger partial charge in [-0.1, -0.05) is 19.8 Å². The number of fused-ring (bicyclic) bond motifs is 1. The average Bonchev–Trinajstić information content (AvgIpc) is 3.61. The quantitative estimate of drug-likeness (QED) is 0.289. The van der Waals surface area contributed by atoms with Gasteiger partial charge in [0.05, 0.1) is 35.7 Å².